The molecule has 0 bridgehead atoms. The number of carboxylic acids is 1. The summed E-state index contributed by atoms with van der Waals surface area (Å²) in [6, 6.07) is 3.59. The van der Waals surface area contributed by atoms with Gasteiger partial charge in [-0.2, -0.15) is 0 Å². The van der Waals surface area contributed by atoms with E-state index in [9.17, 15) is 9.00 Å². The molecule has 0 saturated carbocycles. The van der Waals surface area contributed by atoms with E-state index >= 15 is 0 Å². The van der Waals surface area contributed by atoms with Crippen molar-refractivity contribution in [2.45, 2.75) is 12.2 Å². The van der Waals surface area contributed by atoms with Crippen LogP contribution < -0.4 is 0 Å². The highest BCUT2D eigenvalue weighted by Gasteiger charge is 2.04. The average molecular weight is 213 g/mol. The molecular weight excluding hydrogens is 202 g/mol. The number of carboxylic acid groups (broad SMARTS) is 1. The van der Waals surface area contributed by atoms with Gasteiger partial charge in [0, 0.05) is 28.9 Å². The van der Waals surface area contributed by atoms with Crippen LogP contribution in [0.25, 0.3) is 0 Å². The van der Waals surface area contributed by atoms with Crippen LogP contribution >= 0.6 is 0 Å². The van der Waals surface area contributed by atoms with Crippen molar-refractivity contribution in [3.8, 4) is 0 Å². The Morgan fingerprint density at radius 1 is 1.57 bits per heavy atom. The van der Waals surface area contributed by atoms with Crippen LogP contribution in [0.15, 0.2) is 24.5 Å². The smallest absolute Gasteiger partial charge is 0.304 e. The zero-order valence-corrected chi connectivity index (χ0v) is 8.37. The molecule has 0 radical (unpaired) electrons. The minimum Gasteiger partial charge on any atom is -0.481 e. The Balaban J connectivity index is 2.38. The maximum atomic E-state index is 11.3. The fraction of sp³-hybridized carbons (Fsp3) is 0.333. The molecule has 0 aliphatic heterocycles. The summed E-state index contributed by atoms with van der Waals surface area (Å²) in [5.41, 5.74) is 0.872. The molecule has 0 fully saturated rings. The first-order valence-corrected chi connectivity index (χ1v) is 5.63. The quantitative estimate of drug-likeness (QED) is 0.785. The highest BCUT2D eigenvalue weighted by atomic mass is 32.2. The number of carbonyl (C=O) groups is 1. The van der Waals surface area contributed by atoms with Crippen LogP contribution in [0.3, 0.4) is 0 Å². The Hall–Kier alpha value is -1.23. The van der Waals surface area contributed by atoms with E-state index in [0.717, 1.165) is 5.56 Å². The third-order valence-corrected chi connectivity index (χ3v) is 2.91. The molecule has 1 unspecified atom stereocenters. The zero-order valence-electron chi connectivity index (χ0n) is 7.55. The van der Waals surface area contributed by atoms with Gasteiger partial charge in [0.15, 0.2) is 0 Å². The Morgan fingerprint density at radius 3 is 2.93 bits per heavy atom. The zero-order chi connectivity index (χ0) is 10.4. The van der Waals surface area contributed by atoms with Crippen molar-refractivity contribution < 1.29 is 14.1 Å². The number of pyridine rings is 1. The van der Waals surface area contributed by atoms with Gasteiger partial charge in [-0.3, -0.25) is 14.0 Å². The van der Waals surface area contributed by atoms with Gasteiger partial charge >= 0.3 is 5.97 Å². The van der Waals surface area contributed by atoms with Crippen LogP contribution in [0.1, 0.15) is 12.0 Å². The molecule has 0 aromatic carbocycles. The molecule has 0 aliphatic rings. The molecule has 1 rings (SSSR count). The van der Waals surface area contributed by atoms with Gasteiger partial charge in [-0.1, -0.05) is 6.07 Å². The van der Waals surface area contributed by atoms with Gasteiger partial charge in [0.25, 0.3) is 0 Å². The number of hydrogen-bond acceptors (Lipinski definition) is 3. The van der Waals surface area contributed by atoms with E-state index in [2.05, 4.69) is 4.98 Å². The van der Waals surface area contributed by atoms with Crippen LogP contribution in [-0.2, 0) is 21.3 Å². The lowest BCUT2D eigenvalue weighted by molar-refractivity contribution is -0.136. The van der Waals surface area contributed by atoms with Crippen LogP contribution in [0.5, 0.6) is 0 Å². The van der Waals surface area contributed by atoms with E-state index in [1.54, 1.807) is 18.5 Å². The SMILES string of the molecule is O=C(O)CCS(=O)Cc1cccnc1. The summed E-state index contributed by atoms with van der Waals surface area (Å²) in [6.45, 7) is 0. The molecule has 1 atom stereocenters. The first-order valence-electron chi connectivity index (χ1n) is 4.14. The highest BCUT2D eigenvalue weighted by molar-refractivity contribution is 7.84. The first kappa shape index (κ1) is 10.8. The number of nitrogens with zero attached hydrogens (tertiary/aromatic N) is 1. The van der Waals surface area contributed by atoms with E-state index in [4.69, 9.17) is 5.11 Å². The minimum atomic E-state index is -1.11. The highest BCUT2D eigenvalue weighted by Crippen LogP contribution is 2.01. The van der Waals surface area contributed by atoms with Gasteiger partial charge in [-0.15, -0.1) is 0 Å². The second-order valence-electron chi connectivity index (χ2n) is 2.79. The molecule has 1 aromatic heterocycles. The molecule has 5 heteroatoms. The van der Waals surface area contributed by atoms with Gasteiger partial charge in [0.1, 0.15) is 0 Å². The summed E-state index contributed by atoms with van der Waals surface area (Å²) in [6.07, 6.45) is 3.23. The van der Waals surface area contributed by atoms with Crippen molar-refractivity contribution >= 4 is 16.8 Å². The normalized spacial score (nSPS) is 12.3. The Morgan fingerprint density at radius 2 is 2.36 bits per heavy atom. The van der Waals surface area contributed by atoms with Crippen LogP contribution in [-0.4, -0.2) is 26.0 Å². The molecule has 0 saturated heterocycles. The monoisotopic (exact) mass is 213 g/mol. The van der Waals surface area contributed by atoms with Gasteiger partial charge in [-0.05, 0) is 11.6 Å². The van der Waals surface area contributed by atoms with Crippen molar-refractivity contribution in [1.29, 1.82) is 0 Å². The topological polar surface area (TPSA) is 67.3 Å². The van der Waals surface area contributed by atoms with Gasteiger partial charge in [-0.25, -0.2) is 0 Å². The lowest BCUT2D eigenvalue weighted by atomic mass is 10.3. The molecule has 0 aliphatic carbocycles. The first-order chi connectivity index (χ1) is 6.68. The molecule has 4 nitrogen and oxygen atoms in total. The molecular formula is C9H11NO3S. The lowest BCUT2D eigenvalue weighted by Gasteiger charge is -1.99. The Labute approximate surface area is 84.4 Å². The van der Waals surface area contributed by atoms with Gasteiger partial charge < -0.3 is 5.11 Å². The van der Waals surface area contributed by atoms with Crippen molar-refractivity contribution in [2.24, 2.45) is 0 Å². The maximum absolute atomic E-state index is 11.3. The van der Waals surface area contributed by atoms with E-state index in [0.29, 0.717) is 5.75 Å². The molecule has 0 spiro atoms. The summed E-state index contributed by atoms with van der Waals surface area (Å²) in [5.74, 6) is -0.338. The summed E-state index contributed by atoms with van der Waals surface area (Å²) in [7, 11) is -1.11. The Kier molecular flexibility index (Phi) is 4.25. The van der Waals surface area contributed by atoms with Crippen molar-refractivity contribution in [2.75, 3.05) is 5.75 Å². The number of hydrogen-bond donors (Lipinski definition) is 1. The largest absolute Gasteiger partial charge is 0.481 e. The molecule has 1 heterocycles. The van der Waals surface area contributed by atoms with Gasteiger partial charge in [0.05, 0.1) is 12.2 Å². The number of aromatic nitrogens is 1. The van der Waals surface area contributed by atoms with E-state index in [1.165, 1.54) is 0 Å². The second-order valence-corrected chi connectivity index (χ2v) is 4.37. The van der Waals surface area contributed by atoms with Crippen LogP contribution in [0.2, 0.25) is 0 Å². The molecule has 14 heavy (non-hydrogen) atoms. The molecule has 1 aromatic rings. The summed E-state index contributed by atoms with van der Waals surface area (Å²) < 4.78 is 11.3. The van der Waals surface area contributed by atoms with E-state index in [1.807, 2.05) is 6.07 Å². The number of aliphatic carboxylic acids is 1. The maximum Gasteiger partial charge on any atom is 0.304 e. The fourth-order valence-corrected chi connectivity index (χ4v) is 2.03. The van der Waals surface area contributed by atoms with E-state index in [-0.39, 0.29) is 12.2 Å². The van der Waals surface area contributed by atoms with Crippen molar-refractivity contribution in [3.05, 3.63) is 30.1 Å². The lowest BCUT2D eigenvalue weighted by Crippen LogP contribution is -2.06. The predicted octanol–water partition coefficient (Wildman–Crippen LogP) is 0.805. The fourth-order valence-electron chi connectivity index (χ4n) is 0.943. The third kappa shape index (κ3) is 4.13. The number of rotatable bonds is 5. The average Bonchev–Trinajstić information content (AvgIpc) is 2.16. The Bertz CT molecular complexity index is 326. The van der Waals surface area contributed by atoms with E-state index < -0.39 is 16.8 Å². The van der Waals surface area contributed by atoms with Crippen LogP contribution in [0.4, 0.5) is 0 Å². The molecule has 0 amide bonds. The molecule has 1 N–H and O–H groups in total. The summed E-state index contributed by atoms with van der Waals surface area (Å²) in [5, 5.41) is 8.38. The van der Waals surface area contributed by atoms with Gasteiger partial charge in [0.2, 0.25) is 0 Å². The molecule has 76 valence electrons. The minimum absolute atomic E-state index is 0.0487. The summed E-state index contributed by atoms with van der Waals surface area (Å²) >= 11 is 0. The third-order valence-electron chi connectivity index (χ3n) is 1.59. The van der Waals surface area contributed by atoms with Crippen LogP contribution in [0, 0.1) is 0 Å². The standard InChI is InChI=1S/C9H11NO3S/c11-9(12)3-5-14(13)7-8-2-1-4-10-6-8/h1-2,4,6H,3,5,7H2,(H,11,12). The van der Waals surface area contributed by atoms with Crippen molar-refractivity contribution in [3.63, 3.8) is 0 Å². The van der Waals surface area contributed by atoms with Crippen molar-refractivity contribution in [1.82, 2.24) is 4.98 Å². The predicted molar refractivity (Wildman–Crippen MR) is 53.2 cm³/mol. The summed E-state index contributed by atoms with van der Waals surface area (Å²) in [4.78, 5) is 14.1. The second kappa shape index (κ2) is 5.49.